The first-order chi connectivity index (χ1) is 12.9. The molecule has 6 heteroatoms. The number of fused-ring (bicyclic) bond motifs is 3. The highest BCUT2D eigenvalue weighted by molar-refractivity contribution is 9.10. The molecule has 2 aromatic rings. The number of hydrogen-bond donors (Lipinski definition) is 0. The van der Waals surface area contributed by atoms with Crippen LogP contribution in [-0.4, -0.2) is 30.0 Å². The molecular weight excluding hydrogens is 408 g/mol. The van der Waals surface area contributed by atoms with Crippen LogP contribution in [0.1, 0.15) is 47.1 Å². The predicted octanol–water partition coefficient (Wildman–Crippen LogP) is 3.98. The average molecular weight is 432 g/mol. The molecule has 5 nitrogen and oxygen atoms in total. The first kappa shape index (κ1) is 18.4. The lowest BCUT2D eigenvalue weighted by atomic mass is 9.98. The van der Waals surface area contributed by atoms with Crippen molar-refractivity contribution in [2.24, 2.45) is 0 Å². The summed E-state index contributed by atoms with van der Waals surface area (Å²) in [6, 6.07) is 7.94. The molecule has 0 radical (unpaired) electrons. The van der Waals surface area contributed by atoms with Crippen LogP contribution in [-0.2, 0) is 35.5 Å². The molecule has 1 aliphatic carbocycles. The molecule has 1 aliphatic heterocycles. The largest absolute Gasteiger partial charge is 0.461 e. The molecule has 1 aromatic heterocycles. The van der Waals surface area contributed by atoms with Gasteiger partial charge in [0, 0.05) is 23.2 Å². The Balaban J connectivity index is 1.77. The lowest BCUT2D eigenvalue weighted by molar-refractivity contribution is -0.142. The summed E-state index contributed by atoms with van der Waals surface area (Å²) in [5.41, 5.74) is 5.25. The average Bonchev–Trinajstić information content (AvgIpc) is 3.03. The van der Waals surface area contributed by atoms with Crippen LogP contribution in [0.25, 0.3) is 0 Å². The second kappa shape index (κ2) is 6.91. The number of rotatable bonds is 3. The molecule has 0 saturated carbocycles. The predicted molar refractivity (Wildman–Crippen MR) is 108 cm³/mol. The van der Waals surface area contributed by atoms with Crippen LogP contribution in [0.5, 0.6) is 0 Å². The van der Waals surface area contributed by atoms with Crippen molar-refractivity contribution >= 4 is 33.5 Å². The standard InChI is InChI=1S/C21H24BrN2O3/c1-14(25)27-13-16-17(22)7-5-9-20(16)24(2)11-10-23-18-8-4-3-6-15(18)12-19(23)21(24)26/h5,7,9,12H,3-4,6,8,10-11,13H2,1-2H3/q+1. The van der Waals surface area contributed by atoms with Crippen molar-refractivity contribution in [1.82, 2.24) is 9.05 Å². The smallest absolute Gasteiger partial charge is 0.367 e. The molecule has 0 fully saturated rings. The first-order valence-electron chi connectivity index (χ1n) is 9.45. The van der Waals surface area contributed by atoms with Gasteiger partial charge in [-0.1, -0.05) is 22.0 Å². The summed E-state index contributed by atoms with van der Waals surface area (Å²) in [5, 5.41) is 0. The zero-order chi connectivity index (χ0) is 19.2. The Morgan fingerprint density at radius 3 is 2.85 bits per heavy atom. The molecule has 1 amide bonds. The number of likely N-dealkylation sites (N-methyl/N-ethyl adjacent to an activating group) is 1. The second-order valence-corrected chi connectivity index (χ2v) is 8.45. The number of quaternary nitrogens is 1. The van der Waals surface area contributed by atoms with E-state index in [4.69, 9.17) is 4.74 Å². The van der Waals surface area contributed by atoms with Gasteiger partial charge < -0.3 is 9.30 Å². The van der Waals surface area contributed by atoms with Crippen molar-refractivity contribution in [3.63, 3.8) is 0 Å². The van der Waals surface area contributed by atoms with Crippen LogP contribution in [0.3, 0.4) is 0 Å². The van der Waals surface area contributed by atoms with E-state index in [2.05, 4.69) is 26.6 Å². The molecule has 4 rings (SSSR count). The fraction of sp³-hybridized carbons (Fsp3) is 0.429. The van der Waals surface area contributed by atoms with Gasteiger partial charge in [0.05, 0.1) is 19.2 Å². The van der Waals surface area contributed by atoms with Gasteiger partial charge in [0.25, 0.3) is 0 Å². The van der Waals surface area contributed by atoms with E-state index in [0.717, 1.165) is 40.8 Å². The van der Waals surface area contributed by atoms with Gasteiger partial charge in [-0.05, 0) is 43.4 Å². The number of ether oxygens (including phenoxy) is 1. The summed E-state index contributed by atoms with van der Waals surface area (Å²) >= 11 is 3.57. The normalized spacial score (nSPS) is 21.5. The summed E-state index contributed by atoms with van der Waals surface area (Å²) in [4.78, 5) is 24.9. The number of aromatic nitrogens is 1. The van der Waals surface area contributed by atoms with Crippen LogP contribution in [0.15, 0.2) is 28.7 Å². The maximum atomic E-state index is 13.6. The highest BCUT2D eigenvalue weighted by Gasteiger charge is 2.44. The highest BCUT2D eigenvalue weighted by atomic mass is 79.9. The van der Waals surface area contributed by atoms with Gasteiger partial charge in [-0.25, -0.2) is 9.28 Å². The third-order valence-corrected chi connectivity index (χ3v) is 6.63. The number of amides is 1. The van der Waals surface area contributed by atoms with Gasteiger partial charge >= 0.3 is 11.9 Å². The summed E-state index contributed by atoms with van der Waals surface area (Å²) < 4.78 is 8.55. The van der Waals surface area contributed by atoms with Crippen molar-refractivity contribution in [2.75, 3.05) is 13.6 Å². The lowest BCUT2D eigenvalue weighted by Gasteiger charge is -2.37. The van der Waals surface area contributed by atoms with E-state index in [1.54, 1.807) is 0 Å². The number of aryl methyl sites for hydroxylation is 1. The van der Waals surface area contributed by atoms with Gasteiger partial charge in [0.15, 0.2) is 0 Å². The minimum Gasteiger partial charge on any atom is -0.461 e. The molecule has 0 N–H and O–H groups in total. The molecule has 0 spiro atoms. The summed E-state index contributed by atoms with van der Waals surface area (Å²) in [6.45, 7) is 3.07. The van der Waals surface area contributed by atoms with Crippen molar-refractivity contribution in [3.05, 3.63) is 51.3 Å². The van der Waals surface area contributed by atoms with Crippen molar-refractivity contribution < 1.29 is 14.3 Å². The van der Waals surface area contributed by atoms with Crippen LogP contribution in [0.2, 0.25) is 0 Å². The van der Waals surface area contributed by atoms with E-state index < -0.39 is 0 Å². The number of benzene rings is 1. The molecule has 1 unspecified atom stereocenters. The van der Waals surface area contributed by atoms with Crippen LogP contribution < -0.4 is 4.48 Å². The number of carbonyl (C=O) groups excluding carboxylic acids is 2. The topological polar surface area (TPSA) is 48.3 Å². The SMILES string of the molecule is CC(=O)OCc1c(Br)cccc1[N+]1(C)CCn2c(cc3c2CCCC3)C1=O. The third kappa shape index (κ3) is 3.05. The van der Waals surface area contributed by atoms with E-state index >= 15 is 0 Å². The molecular formula is C21H24BrN2O3+. The van der Waals surface area contributed by atoms with Crippen molar-refractivity contribution in [3.8, 4) is 0 Å². The molecule has 2 heterocycles. The summed E-state index contributed by atoms with van der Waals surface area (Å²) in [6.07, 6.45) is 4.55. The number of halogens is 1. The molecule has 0 bridgehead atoms. The first-order valence-corrected chi connectivity index (χ1v) is 10.2. The Labute approximate surface area is 167 Å². The lowest BCUT2D eigenvalue weighted by Crippen LogP contribution is -2.56. The third-order valence-electron chi connectivity index (χ3n) is 5.89. The second-order valence-electron chi connectivity index (χ2n) is 7.60. The number of esters is 1. The Morgan fingerprint density at radius 2 is 2.07 bits per heavy atom. The van der Waals surface area contributed by atoms with Gasteiger partial charge in [-0.3, -0.25) is 4.79 Å². The van der Waals surface area contributed by atoms with E-state index in [1.807, 2.05) is 25.2 Å². The number of hydrogen-bond acceptors (Lipinski definition) is 3. The van der Waals surface area contributed by atoms with E-state index in [-0.39, 0.29) is 23.0 Å². The maximum absolute atomic E-state index is 13.6. The van der Waals surface area contributed by atoms with E-state index in [0.29, 0.717) is 6.54 Å². The van der Waals surface area contributed by atoms with Gasteiger partial charge in [-0.2, -0.15) is 0 Å². The molecule has 142 valence electrons. The molecule has 1 atom stereocenters. The Morgan fingerprint density at radius 1 is 1.30 bits per heavy atom. The Kier molecular flexibility index (Phi) is 4.72. The van der Waals surface area contributed by atoms with Gasteiger partial charge in [-0.15, -0.1) is 0 Å². The molecule has 0 saturated heterocycles. The minimum absolute atomic E-state index is 0.109. The van der Waals surface area contributed by atoms with Crippen LogP contribution in [0.4, 0.5) is 5.69 Å². The summed E-state index contributed by atoms with van der Waals surface area (Å²) in [7, 11) is 1.97. The van der Waals surface area contributed by atoms with Crippen LogP contribution >= 0.6 is 15.9 Å². The zero-order valence-corrected chi connectivity index (χ0v) is 17.3. The summed E-state index contributed by atoms with van der Waals surface area (Å²) in [5.74, 6) is -0.219. The fourth-order valence-electron chi connectivity index (χ4n) is 4.41. The van der Waals surface area contributed by atoms with E-state index in [1.165, 1.54) is 31.0 Å². The van der Waals surface area contributed by atoms with Crippen LogP contribution in [0, 0.1) is 0 Å². The molecule has 1 aromatic carbocycles. The highest BCUT2D eigenvalue weighted by Crippen LogP contribution is 2.37. The van der Waals surface area contributed by atoms with Crippen molar-refractivity contribution in [1.29, 1.82) is 0 Å². The van der Waals surface area contributed by atoms with E-state index in [9.17, 15) is 9.59 Å². The number of carbonyl (C=O) groups is 2. The Bertz CT molecular complexity index is 934. The molecule has 27 heavy (non-hydrogen) atoms. The maximum Gasteiger partial charge on any atom is 0.367 e. The Hall–Kier alpha value is -1.92. The fourth-order valence-corrected chi connectivity index (χ4v) is 4.88. The minimum atomic E-state index is -0.328. The van der Waals surface area contributed by atoms with Gasteiger partial charge in [0.1, 0.15) is 24.5 Å². The number of nitrogens with zero attached hydrogens (tertiary/aromatic N) is 2. The monoisotopic (exact) mass is 431 g/mol. The molecule has 2 aliphatic rings. The quantitative estimate of drug-likeness (QED) is 0.545. The van der Waals surface area contributed by atoms with Gasteiger partial charge in [0.2, 0.25) is 0 Å². The van der Waals surface area contributed by atoms with Crippen molar-refractivity contribution in [2.45, 2.75) is 45.8 Å². The zero-order valence-electron chi connectivity index (χ0n) is 15.8.